The fourth-order valence-electron chi connectivity index (χ4n) is 3.81. The van der Waals surface area contributed by atoms with Crippen molar-refractivity contribution in [1.82, 2.24) is 30.0 Å². The zero-order valence-electron chi connectivity index (χ0n) is 18.3. The predicted molar refractivity (Wildman–Crippen MR) is 120 cm³/mol. The lowest BCUT2D eigenvalue weighted by Gasteiger charge is -2.31. The first-order chi connectivity index (χ1) is 15.0. The lowest BCUT2D eigenvalue weighted by Crippen LogP contribution is -2.35. The molecule has 3 heterocycles. The van der Waals surface area contributed by atoms with Crippen molar-refractivity contribution in [2.45, 2.75) is 32.6 Å². The monoisotopic (exact) mass is 420 g/mol. The number of benzene rings is 1. The van der Waals surface area contributed by atoms with Crippen LogP contribution in [-0.2, 0) is 0 Å². The first-order valence-corrected chi connectivity index (χ1v) is 10.6. The molecule has 0 bridgehead atoms. The van der Waals surface area contributed by atoms with Crippen LogP contribution in [0.1, 0.15) is 38.5 Å². The van der Waals surface area contributed by atoms with Crippen molar-refractivity contribution in [3.63, 3.8) is 0 Å². The van der Waals surface area contributed by atoms with Crippen LogP contribution >= 0.6 is 0 Å². The van der Waals surface area contributed by atoms with Gasteiger partial charge in [0, 0.05) is 25.2 Å². The molecule has 0 aliphatic carbocycles. The minimum Gasteiger partial charge on any atom is -0.339 e. The van der Waals surface area contributed by atoms with Gasteiger partial charge >= 0.3 is 0 Å². The van der Waals surface area contributed by atoms with Crippen molar-refractivity contribution in [3.8, 4) is 11.6 Å². The molecule has 31 heavy (non-hydrogen) atoms. The van der Waals surface area contributed by atoms with Gasteiger partial charge in [0.15, 0.2) is 0 Å². The van der Waals surface area contributed by atoms with E-state index < -0.39 is 0 Å². The van der Waals surface area contributed by atoms with Gasteiger partial charge in [0.1, 0.15) is 0 Å². The maximum absolute atomic E-state index is 5.59. The minimum atomic E-state index is 0.219. The molecular weight excluding hydrogens is 392 g/mol. The summed E-state index contributed by atoms with van der Waals surface area (Å²) in [4.78, 5) is 26.1. The highest BCUT2D eigenvalue weighted by Gasteiger charge is 2.26. The Bertz CT molecular complexity index is 1010. The molecule has 0 unspecified atom stereocenters. The van der Waals surface area contributed by atoms with Crippen molar-refractivity contribution in [2.75, 3.05) is 31.6 Å². The van der Waals surface area contributed by atoms with Crippen molar-refractivity contribution < 1.29 is 4.52 Å². The van der Waals surface area contributed by atoms with E-state index in [4.69, 9.17) is 4.52 Å². The highest BCUT2D eigenvalue weighted by molar-refractivity contribution is 5.59. The Morgan fingerprint density at radius 2 is 1.84 bits per heavy atom. The molecule has 0 radical (unpaired) electrons. The fraction of sp³-hybridized carbons (Fsp3) is 0.455. The van der Waals surface area contributed by atoms with E-state index in [-0.39, 0.29) is 11.9 Å². The number of rotatable bonds is 7. The van der Waals surface area contributed by atoms with Crippen LogP contribution in [0.5, 0.6) is 0 Å². The highest BCUT2D eigenvalue weighted by atomic mass is 16.5. The number of hydrogen-bond acceptors (Lipinski definition) is 9. The van der Waals surface area contributed by atoms with Gasteiger partial charge in [-0.05, 0) is 50.7 Å². The predicted octanol–water partition coefficient (Wildman–Crippen LogP) is 3.86. The molecule has 9 heteroatoms. The fourth-order valence-corrected chi connectivity index (χ4v) is 3.81. The molecule has 0 spiro atoms. The number of aliphatic imine (C=N–C) groups is 1. The number of anilines is 2. The molecule has 9 nitrogen and oxygen atoms in total. The number of nitrogens with zero attached hydrogens (tertiary/aromatic N) is 8. The van der Waals surface area contributed by atoms with Gasteiger partial charge in [-0.1, -0.05) is 37.2 Å². The Hall–Kier alpha value is -3.20. The largest absolute Gasteiger partial charge is 0.339 e. The molecule has 1 aliphatic rings. The molecule has 0 saturated carbocycles. The molecule has 1 fully saturated rings. The number of aromatic nitrogens is 5. The standard InChI is InChI=1S/C22H28N8O/c1-15(2)14-30-12-10-16(11-13-30)20-24-19(28-31-20)18-25-21(23-3)27-22(26-18)29(4)17-8-6-5-7-9-17/h5-9,15-16H,3,10-14H2,1-2,4H3. The molecule has 0 atom stereocenters. The third-order valence-electron chi connectivity index (χ3n) is 5.40. The van der Waals surface area contributed by atoms with E-state index in [9.17, 15) is 0 Å². The SMILES string of the molecule is C=Nc1nc(-c2noc(C3CCN(CC(C)C)CC3)n2)nc(N(C)c2ccccc2)n1. The van der Waals surface area contributed by atoms with E-state index >= 15 is 0 Å². The number of piperidine rings is 1. The zero-order valence-corrected chi connectivity index (χ0v) is 18.3. The van der Waals surface area contributed by atoms with E-state index in [0.29, 0.717) is 29.4 Å². The third kappa shape index (κ3) is 4.93. The molecular formula is C22H28N8O. The number of para-hydroxylation sites is 1. The van der Waals surface area contributed by atoms with Crippen molar-refractivity contribution in [3.05, 3.63) is 36.2 Å². The summed E-state index contributed by atoms with van der Waals surface area (Å²) in [5.74, 6) is 2.90. The second kappa shape index (κ2) is 9.30. The molecule has 4 rings (SSSR count). The Morgan fingerprint density at radius 3 is 2.52 bits per heavy atom. The molecule has 3 aromatic rings. The summed E-state index contributed by atoms with van der Waals surface area (Å²) in [5, 5.41) is 4.14. The van der Waals surface area contributed by atoms with Crippen LogP contribution in [0, 0.1) is 5.92 Å². The second-order valence-electron chi connectivity index (χ2n) is 8.24. The summed E-state index contributed by atoms with van der Waals surface area (Å²) in [6.07, 6.45) is 2.01. The maximum atomic E-state index is 5.59. The van der Waals surface area contributed by atoms with Gasteiger partial charge in [0.25, 0.3) is 5.95 Å². The summed E-state index contributed by atoms with van der Waals surface area (Å²) < 4.78 is 5.59. The van der Waals surface area contributed by atoms with Gasteiger partial charge in [0.05, 0.1) is 0 Å². The first kappa shape index (κ1) is 21.0. The van der Waals surface area contributed by atoms with E-state index in [1.54, 1.807) is 0 Å². The van der Waals surface area contributed by atoms with Gasteiger partial charge in [-0.2, -0.15) is 19.9 Å². The van der Waals surface area contributed by atoms with Crippen LogP contribution in [-0.4, -0.2) is 63.4 Å². The Kier molecular flexibility index (Phi) is 6.31. The number of hydrogen-bond donors (Lipinski definition) is 0. The van der Waals surface area contributed by atoms with E-state index in [1.807, 2.05) is 42.3 Å². The molecule has 2 aromatic heterocycles. The topological polar surface area (TPSA) is 96.4 Å². The summed E-state index contributed by atoms with van der Waals surface area (Å²) in [6.45, 7) is 11.3. The minimum absolute atomic E-state index is 0.219. The van der Waals surface area contributed by atoms with Crippen LogP contribution in [0.3, 0.4) is 0 Å². The summed E-state index contributed by atoms with van der Waals surface area (Å²) in [7, 11) is 1.88. The van der Waals surface area contributed by atoms with Gasteiger partial charge in [0.2, 0.25) is 23.5 Å². The van der Waals surface area contributed by atoms with Crippen LogP contribution in [0.25, 0.3) is 11.6 Å². The third-order valence-corrected chi connectivity index (χ3v) is 5.40. The van der Waals surface area contributed by atoms with E-state index in [2.05, 4.69) is 55.5 Å². The number of likely N-dealkylation sites (tertiary alicyclic amines) is 1. The average molecular weight is 421 g/mol. The Labute approximate surface area is 182 Å². The van der Waals surface area contributed by atoms with Crippen molar-refractivity contribution in [1.29, 1.82) is 0 Å². The second-order valence-corrected chi connectivity index (χ2v) is 8.24. The Balaban J connectivity index is 1.54. The smallest absolute Gasteiger partial charge is 0.254 e. The Morgan fingerprint density at radius 1 is 1.10 bits per heavy atom. The normalized spacial score (nSPS) is 15.4. The van der Waals surface area contributed by atoms with Crippen LogP contribution in [0.2, 0.25) is 0 Å². The van der Waals surface area contributed by atoms with E-state index in [1.165, 1.54) is 0 Å². The average Bonchev–Trinajstić information content (AvgIpc) is 3.29. The highest BCUT2D eigenvalue weighted by Crippen LogP contribution is 2.29. The molecule has 0 N–H and O–H groups in total. The lowest BCUT2D eigenvalue weighted by atomic mass is 9.96. The molecule has 162 valence electrons. The maximum Gasteiger partial charge on any atom is 0.254 e. The molecule has 1 aromatic carbocycles. The van der Waals surface area contributed by atoms with Gasteiger partial charge in [-0.15, -0.1) is 0 Å². The van der Waals surface area contributed by atoms with Gasteiger partial charge in [-0.3, -0.25) is 0 Å². The summed E-state index contributed by atoms with van der Waals surface area (Å²) in [6, 6.07) is 9.82. The van der Waals surface area contributed by atoms with Gasteiger partial charge in [-0.25, -0.2) is 4.99 Å². The molecule has 1 aliphatic heterocycles. The van der Waals surface area contributed by atoms with E-state index in [0.717, 1.165) is 38.2 Å². The molecule has 1 saturated heterocycles. The lowest BCUT2D eigenvalue weighted by molar-refractivity contribution is 0.178. The van der Waals surface area contributed by atoms with Crippen LogP contribution in [0.15, 0.2) is 39.8 Å². The molecule has 0 amide bonds. The zero-order chi connectivity index (χ0) is 21.8. The quantitative estimate of drug-likeness (QED) is 0.532. The van der Waals surface area contributed by atoms with Crippen LogP contribution in [0.4, 0.5) is 17.6 Å². The van der Waals surface area contributed by atoms with Crippen molar-refractivity contribution in [2.24, 2.45) is 10.9 Å². The summed E-state index contributed by atoms with van der Waals surface area (Å²) in [5.41, 5.74) is 0.941. The van der Waals surface area contributed by atoms with Gasteiger partial charge < -0.3 is 14.3 Å². The summed E-state index contributed by atoms with van der Waals surface area (Å²) >= 11 is 0. The van der Waals surface area contributed by atoms with Crippen molar-refractivity contribution >= 4 is 24.3 Å². The van der Waals surface area contributed by atoms with Crippen LogP contribution < -0.4 is 4.90 Å². The first-order valence-electron chi connectivity index (χ1n) is 10.6.